The summed E-state index contributed by atoms with van der Waals surface area (Å²) in [6.07, 6.45) is 0.489. The first-order chi connectivity index (χ1) is 11.7. The molecule has 3 fully saturated rings. The lowest BCUT2D eigenvalue weighted by Gasteiger charge is -2.57. The predicted molar refractivity (Wildman–Crippen MR) is 88.8 cm³/mol. The fourth-order valence-corrected chi connectivity index (χ4v) is 6.07. The van der Waals surface area contributed by atoms with Crippen LogP contribution in [0.4, 0.5) is 0 Å². The number of aliphatic hydroxyl groups excluding tert-OH is 1. The summed E-state index contributed by atoms with van der Waals surface area (Å²) in [5.74, 6) is -0.754. The lowest BCUT2D eigenvalue weighted by Crippen LogP contribution is -2.66. The van der Waals surface area contributed by atoms with Gasteiger partial charge in [-0.1, -0.05) is 32.0 Å². The molecule has 0 aromatic heterocycles. The number of para-hydroxylation sites is 1. The summed E-state index contributed by atoms with van der Waals surface area (Å²) in [7, 11) is 0. The van der Waals surface area contributed by atoms with Crippen LogP contribution in [0, 0.1) is 17.3 Å². The summed E-state index contributed by atoms with van der Waals surface area (Å²) >= 11 is 0. The summed E-state index contributed by atoms with van der Waals surface area (Å²) in [4.78, 5) is 12.9. The third-order valence-corrected chi connectivity index (χ3v) is 7.27. The van der Waals surface area contributed by atoms with Crippen molar-refractivity contribution in [2.24, 2.45) is 17.3 Å². The van der Waals surface area contributed by atoms with Crippen molar-refractivity contribution < 1.29 is 24.9 Å². The number of ketones is 1. The van der Waals surface area contributed by atoms with E-state index in [-0.39, 0.29) is 23.7 Å². The summed E-state index contributed by atoms with van der Waals surface area (Å²) in [5.41, 5.74) is -2.10. The smallest absolute Gasteiger partial charge is 0.172 e. The van der Waals surface area contributed by atoms with Crippen LogP contribution >= 0.6 is 0 Å². The van der Waals surface area contributed by atoms with Crippen molar-refractivity contribution in [3.05, 3.63) is 41.7 Å². The summed E-state index contributed by atoms with van der Waals surface area (Å²) in [6, 6.07) is 7.66. The van der Waals surface area contributed by atoms with Gasteiger partial charge < -0.3 is 20.1 Å². The van der Waals surface area contributed by atoms with Crippen molar-refractivity contribution in [2.75, 3.05) is 0 Å². The Morgan fingerprint density at radius 2 is 1.92 bits per heavy atom. The van der Waals surface area contributed by atoms with E-state index in [4.69, 9.17) is 4.74 Å². The van der Waals surface area contributed by atoms with E-state index in [0.29, 0.717) is 12.0 Å². The molecule has 3 N–H and O–H groups in total. The van der Waals surface area contributed by atoms with Crippen molar-refractivity contribution in [2.45, 2.75) is 49.9 Å². The molecule has 5 nitrogen and oxygen atoms in total. The molecule has 6 unspecified atom stereocenters. The molecule has 25 heavy (non-hydrogen) atoms. The maximum absolute atomic E-state index is 12.9. The average molecular weight is 342 g/mol. The van der Waals surface area contributed by atoms with Crippen LogP contribution in [0.25, 0.3) is 0 Å². The van der Waals surface area contributed by atoms with Gasteiger partial charge in [0, 0.05) is 29.4 Å². The van der Waals surface area contributed by atoms with Crippen molar-refractivity contribution >= 4 is 5.78 Å². The SMILES string of the molecule is CC1(C)C2C(=COc3ccccc32)C2(O)C(=O)CC3(O)CC1C2C3O. The monoisotopic (exact) mass is 342 g/mol. The fourth-order valence-electron chi connectivity index (χ4n) is 6.07. The normalized spacial score (nSPS) is 46.0. The number of benzene rings is 1. The molecule has 1 heterocycles. The van der Waals surface area contributed by atoms with Crippen LogP contribution in [-0.2, 0) is 4.79 Å². The highest BCUT2D eigenvalue weighted by molar-refractivity contribution is 5.94. The molecule has 5 heteroatoms. The summed E-state index contributed by atoms with van der Waals surface area (Å²) in [6.45, 7) is 4.19. The number of aliphatic hydroxyl groups is 3. The van der Waals surface area contributed by atoms with Crippen LogP contribution in [-0.4, -0.2) is 38.4 Å². The second-order valence-electron chi connectivity index (χ2n) is 8.73. The van der Waals surface area contributed by atoms with E-state index in [0.717, 1.165) is 11.3 Å². The lowest BCUT2D eigenvalue weighted by atomic mass is 9.49. The van der Waals surface area contributed by atoms with Crippen LogP contribution < -0.4 is 4.74 Å². The Morgan fingerprint density at radius 3 is 2.68 bits per heavy atom. The lowest BCUT2D eigenvalue weighted by molar-refractivity contribution is -0.180. The molecule has 6 atom stereocenters. The molecule has 2 bridgehead atoms. The van der Waals surface area contributed by atoms with Crippen molar-refractivity contribution in [1.29, 1.82) is 0 Å². The molecule has 0 spiro atoms. The minimum absolute atomic E-state index is 0.169. The topological polar surface area (TPSA) is 87.0 Å². The zero-order valence-corrected chi connectivity index (χ0v) is 14.3. The third kappa shape index (κ3) is 1.58. The van der Waals surface area contributed by atoms with Gasteiger partial charge in [0.05, 0.1) is 18.0 Å². The van der Waals surface area contributed by atoms with Gasteiger partial charge in [-0.3, -0.25) is 4.79 Å². The quantitative estimate of drug-likeness (QED) is 0.665. The molecule has 1 aromatic rings. The van der Waals surface area contributed by atoms with Crippen LogP contribution in [0.1, 0.15) is 38.2 Å². The third-order valence-electron chi connectivity index (χ3n) is 7.27. The average Bonchev–Trinajstić information content (AvgIpc) is 2.79. The van der Waals surface area contributed by atoms with Gasteiger partial charge in [0.25, 0.3) is 0 Å². The Morgan fingerprint density at radius 1 is 1.20 bits per heavy atom. The number of carbonyl (C=O) groups excluding carboxylic acids is 1. The van der Waals surface area contributed by atoms with E-state index in [1.54, 1.807) is 0 Å². The maximum atomic E-state index is 12.9. The van der Waals surface area contributed by atoms with Crippen LogP contribution in [0.2, 0.25) is 0 Å². The standard InChI is InChI=1S/C20H22O5/c1-18(2)11-7-19(23)8-14(21)20(24,16(11)17(19)22)12-9-25-13-6-4-3-5-10(13)15(12)18/h3-6,9,11,15-17,22-24H,7-8H2,1-2H3. The molecule has 4 aliphatic rings. The molecule has 0 saturated heterocycles. The van der Waals surface area contributed by atoms with E-state index in [2.05, 4.69) is 13.8 Å². The molecule has 1 aromatic carbocycles. The van der Waals surface area contributed by atoms with Crippen molar-refractivity contribution in [3.63, 3.8) is 0 Å². The Bertz CT molecular complexity index is 827. The molecule has 0 radical (unpaired) electrons. The zero-order valence-electron chi connectivity index (χ0n) is 14.3. The van der Waals surface area contributed by atoms with E-state index in [1.807, 2.05) is 24.3 Å². The van der Waals surface area contributed by atoms with Gasteiger partial charge >= 0.3 is 0 Å². The molecular formula is C20H22O5. The minimum Gasteiger partial charge on any atom is -0.465 e. The van der Waals surface area contributed by atoms with Gasteiger partial charge in [-0.15, -0.1) is 0 Å². The van der Waals surface area contributed by atoms with Crippen LogP contribution in [0.15, 0.2) is 36.1 Å². The fraction of sp³-hybridized carbons (Fsp3) is 0.550. The maximum Gasteiger partial charge on any atom is 0.172 e. The van der Waals surface area contributed by atoms with Gasteiger partial charge in [0.2, 0.25) is 0 Å². The van der Waals surface area contributed by atoms with Crippen LogP contribution in [0.5, 0.6) is 5.75 Å². The number of rotatable bonds is 0. The Balaban J connectivity index is 1.79. The first-order valence-electron chi connectivity index (χ1n) is 8.83. The molecule has 5 rings (SSSR count). The summed E-state index contributed by atoms with van der Waals surface area (Å²) < 4.78 is 5.74. The number of Topliss-reactive ketones (excluding diaryl/α,β-unsaturated/α-hetero) is 1. The highest BCUT2D eigenvalue weighted by atomic mass is 16.5. The minimum atomic E-state index is -1.78. The number of carbonyl (C=O) groups is 1. The van der Waals surface area contributed by atoms with E-state index >= 15 is 0 Å². The van der Waals surface area contributed by atoms with Crippen molar-refractivity contribution in [1.82, 2.24) is 0 Å². The molecular weight excluding hydrogens is 320 g/mol. The molecule has 0 amide bonds. The van der Waals surface area contributed by atoms with Gasteiger partial charge in [-0.25, -0.2) is 0 Å². The molecule has 3 saturated carbocycles. The van der Waals surface area contributed by atoms with Gasteiger partial charge in [-0.2, -0.15) is 0 Å². The van der Waals surface area contributed by atoms with Gasteiger partial charge in [-0.05, 0) is 23.8 Å². The highest BCUT2D eigenvalue weighted by Crippen LogP contribution is 2.69. The van der Waals surface area contributed by atoms with Gasteiger partial charge in [0.1, 0.15) is 5.75 Å². The van der Waals surface area contributed by atoms with E-state index in [1.165, 1.54) is 6.26 Å². The molecule has 132 valence electrons. The Kier molecular flexibility index (Phi) is 2.70. The first kappa shape index (κ1) is 15.6. The largest absolute Gasteiger partial charge is 0.465 e. The second kappa shape index (κ2) is 4.34. The molecule has 3 aliphatic carbocycles. The Hall–Kier alpha value is -1.69. The Labute approximate surface area is 145 Å². The number of fused-ring (bicyclic) bond motifs is 5. The number of hydrogen-bond acceptors (Lipinski definition) is 5. The highest BCUT2D eigenvalue weighted by Gasteiger charge is 2.74. The summed E-state index contributed by atoms with van der Waals surface area (Å²) in [5, 5.41) is 33.1. The van der Waals surface area contributed by atoms with Crippen LogP contribution in [0.3, 0.4) is 0 Å². The van der Waals surface area contributed by atoms with E-state index in [9.17, 15) is 20.1 Å². The zero-order chi connectivity index (χ0) is 17.8. The van der Waals surface area contributed by atoms with E-state index < -0.39 is 29.0 Å². The van der Waals surface area contributed by atoms with Crippen molar-refractivity contribution in [3.8, 4) is 5.75 Å². The molecule has 1 aliphatic heterocycles. The number of ether oxygens (including phenoxy) is 1. The predicted octanol–water partition coefficient (Wildman–Crippen LogP) is 1.52. The second-order valence-corrected chi connectivity index (χ2v) is 8.73. The van der Waals surface area contributed by atoms with Gasteiger partial charge in [0.15, 0.2) is 11.4 Å². The first-order valence-corrected chi connectivity index (χ1v) is 8.83. The number of hydrogen-bond donors (Lipinski definition) is 3.